The monoisotopic (exact) mass is 558 g/mol. The number of hydrogen-bond donors (Lipinski definition) is 3. The molecule has 3 atom stereocenters. The number of nitrogens with zero attached hydrogens (tertiary/aromatic N) is 3. The zero-order valence-corrected chi connectivity index (χ0v) is 23.2. The molecule has 0 amide bonds. The molecule has 0 radical (unpaired) electrons. The highest BCUT2D eigenvalue weighted by Crippen LogP contribution is 2.40. The van der Waals surface area contributed by atoms with Gasteiger partial charge in [-0.25, -0.2) is 8.78 Å². The van der Waals surface area contributed by atoms with Gasteiger partial charge in [0.2, 0.25) is 0 Å². The molecule has 2 aromatic heterocycles. The quantitative estimate of drug-likeness (QED) is 0.281. The normalized spacial score (nSPS) is 25.7. The van der Waals surface area contributed by atoms with Gasteiger partial charge in [0, 0.05) is 32.3 Å². The summed E-state index contributed by atoms with van der Waals surface area (Å²) < 4.78 is 41.6. The van der Waals surface area contributed by atoms with Gasteiger partial charge in [-0.15, -0.1) is 0 Å². The van der Waals surface area contributed by atoms with Crippen LogP contribution in [-0.4, -0.2) is 82.8 Å². The number of fused-ring (bicyclic) bond motifs is 2. The van der Waals surface area contributed by atoms with Crippen molar-refractivity contribution < 1.29 is 18.3 Å². The zero-order chi connectivity index (χ0) is 28.1. The first-order valence-electron chi connectivity index (χ1n) is 14.6. The van der Waals surface area contributed by atoms with Gasteiger partial charge in [-0.2, -0.15) is 4.98 Å². The van der Waals surface area contributed by atoms with Crippen LogP contribution in [0.3, 0.4) is 0 Å². The molecule has 3 fully saturated rings. The number of unbranched alkanes of at least 4 members (excludes halogenated alkanes) is 1. The SMILES string of the molecule is CC/C(=C/CCCO[C@@H]1CCCCNC1)C(=N)c1ncc2c(=O)[nH]c(OC[C@@]34CCCN3C[C@H](F)C4)nc2c1F. The van der Waals surface area contributed by atoms with E-state index in [2.05, 4.69) is 25.2 Å². The van der Waals surface area contributed by atoms with Crippen LogP contribution >= 0.6 is 0 Å². The number of alkyl halides is 1. The smallest absolute Gasteiger partial charge is 0.297 e. The molecule has 0 spiro atoms. The molecular formula is C29H40F2N6O3. The topological polar surface area (TPSA) is 116 Å². The second-order valence-electron chi connectivity index (χ2n) is 11.2. The third-order valence-electron chi connectivity index (χ3n) is 8.44. The minimum Gasteiger partial charge on any atom is -0.463 e. The molecule has 3 aliphatic rings. The Kier molecular flexibility index (Phi) is 9.22. The molecule has 5 heterocycles. The van der Waals surface area contributed by atoms with Crippen molar-refractivity contribution in [3.63, 3.8) is 0 Å². The van der Waals surface area contributed by atoms with Gasteiger partial charge in [-0.1, -0.05) is 13.0 Å². The van der Waals surface area contributed by atoms with Crippen LogP contribution in [0.1, 0.15) is 70.4 Å². The lowest BCUT2D eigenvalue weighted by Crippen LogP contribution is -2.43. The van der Waals surface area contributed by atoms with Gasteiger partial charge in [-0.3, -0.25) is 25.1 Å². The highest BCUT2D eigenvalue weighted by Gasteiger charge is 2.49. The molecule has 3 saturated heterocycles. The van der Waals surface area contributed by atoms with E-state index < -0.39 is 23.1 Å². The molecule has 0 unspecified atom stereocenters. The largest absolute Gasteiger partial charge is 0.463 e. The van der Waals surface area contributed by atoms with Gasteiger partial charge in [0.25, 0.3) is 11.6 Å². The van der Waals surface area contributed by atoms with Crippen molar-refractivity contribution in [2.24, 2.45) is 0 Å². The van der Waals surface area contributed by atoms with Gasteiger partial charge in [-0.05, 0) is 70.0 Å². The fraction of sp³-hybridized carbons (Fsp3) is 0.655. The van der Waals surface area contributed by atoms with E-state index in [1.807, 2.05) is 13.0 Å². The molecular weight excluding hydrogens is 518 g/mol. The zero-order valence-electron chi connectivity index (χ0n) is 23.2. The summed E-state index contributed by atoms with van der Waals surface area (Å²) in [4.78, 5) is 25.7. The van der Waals surface area contributed by atoms with Gasteiger partial charge >= 0.3 is 0 Å². The lowest BCUT2D eigenvalue weighted by molar-refractivity contribution is 0.0497. The number of aromatic nitrogens is 3. The Bertz CT molecular complexity index is 1290. The maximum atomic E-state index is 15.7. The lowest BCUT2D eigenvalue weighted by atomic mass is 9.95. The van der Waals surface area contributed by atoms with E-state index in [1.54, 1.807) is 0 Å². The highest BCUT2D eigenvalue weighted by molar-refractivity contribution is 6.10. The van der Waals surface area contributed by atoms with Crippen molar-refractivity contribution in [3.05, 3.63) is 39.7 Å². The Morgan fingerprint density at radius 2 is 2.23 bits per heavy atom. The highest BCUT2D eigenvalue weighted by atomic mass is 19.1. The standard InChI is InChI=1S/C29H40F2N6O3/c1-2-19(8-4-6-13-39-21-9-3-5-11-33-15-21)24(32)26-23(31)25-22(16-34-26)27(38)36-28(35-25)40-18-29-10-7-12-37(29)17-20(30)14-29/h8,16,20-21,32-33H,2-7,9-15,17-18H2,1H3,(H,35,36,38)/b19-8-,32-24?/t20-,21-,29+/m1/s1. The molecule has 2 aromatic rings. The second-order valence-corrected chi connectivity index (χ2v) is 11.2. The number of hydrogen-bond acceptors (Lipinski definition) is 8. The number of allylic oxidation sites excluding steroid dienone is 2. The molecule has 3 N–H and O–H groups in total. The molecule has 9 nitrogen and oxygen atoms in total. The number of halogens is 2. The summed E-state index contributed by atoms with van der Waals surface area (Å²) in [7, 11) is 0. The molecule has 11 heteroatoms. The lowest BCUT2D eigenvalue weighted by Gasteiger charge is -2.30. The summed E-state index contributed by atoms with van der Waals surface area (Å²) in [5.41, 5.74) is -0.691. The van der Waals surface area contributed by atoms with Crippen LogP contribution in [0.4, 0.5) is 8.78 Å². The molecule has 218 valence electrons. The summed E-state index contributed by atoms with van der Waals surface area (Å²) in [6.07, 6.45) is 10.1. The van der Waals surface area contributed by atoms with Crippen molar-refractivity contribution in [2.45, 2.75) is 82.5 Å². The van der Waals surface area contributed by atoms with Crippen LogP contribution in [0.15, 0.2) is 22.6 Å². The van der Waals surface area contributed by atoms with Crippen LogP contribution in [0, 0.1) is 11.2 Å². The number of H-pyrrole nitrogens is 1. The Labute approximate surface area is 233 Å². The van der Waals surface area contributed by atoms with E-state index >= 15 is 4.39 Å². The van der Waals surface area contributed by atoms with Crippen molar-refractivity contribution in [1.82, 2.24) is 25.2 Å². The van der Waals surface area contributed by atoms with Crippen LogP contribution in [0.2, 0.25) is 0 Å². The molecule has 0 bridgehead atoms. The van der Waals surface area contributed by atoms with E-state index in [0.717, 1.165) is 45.3 Å². The first kappa shape index (κ1) is 28.8. The second kappa shape index (κ2) is 12.8. The van der Waals surface area contributed by atoms with E-state index in [-0.39, 0.29) is 41.0 Å². The van der Waals surface area contributed by atoms with Gasteiger partial charge in [0.05, 0.1) is 22.7 Å². The van der Waals surface area contributed by atoms with Gasteiger partial charge in [0.15, 0.2) is 5.82 Å². The van der Waals surface area contributed by atoms with E-state index in [0.29, 0.717) is 38.0 Å². The molecule has 40 heavy (non-hydrogen) atoms. The average Bonchev–Trinajstić information content (AvgIpc) is 3.33. The fourth-order valence-corrected chi connectivity index (χ4v) is 6.26. The number of rotatable bonds is 11. The summed E-state index contributed by atoms with van der Waals surface area (Å²) in [6.45, 7) is 5.84. The Hall–Kier alpha value is -2.76. The third kappa shape index (κ3) is 6.26. The minimum absolute atomic E-state index is 0.0149. The first-order valence-corrected chi connectivity index (χ1v) is 14.6. The predicted molar refractivity (Wildman–Crippen MR) is 150 cm³/mol. The van der Waals surface area contributed by atoms with Crippen molar-refractivity contribution in [2.75, 3.05) is 39.4 Å². The van der Waals surface area contributed by atoms with Crippen molar-refractivity contribution in [3.8, 4) is 6.01 Å². The summed E-state index contributed by atoms with van der Waals surface area (Å²) in [6, 6.07) is -0.112. The van der Waals surface area contributed by atoms with E-state index in [4.69, 9.17) is 14.9 Å². The first-order chi connectivity index (χ1) is 19.4. The van der Waals surface area contributed by atoms with Crippen molar-refractivity contribution >= 4 is 16.6 Å². The fourth-order valence-electron chi connectivity index (χ4n) is 6.26. The molecule has 0 saturated carbocycles. The molecule has 5 rings (SSSR count). The number of aromatic amines is 1. The number of nitrogens with one attached hydrogen (secondary N) is 3. The minimum atomic E-state index is -0.906. The Balaban J connectivity index is 1.26. The Morgan fingerprint density at radius 1 is 1.35 bits per heavy atom. The maximum absolute atomic E-state index is 15.7. The Morgan fingerprint density at radius 3 is 3.08 bits per heavy atom. The average molecular weight is 559 g/mol. The molecule has 0 aromatic carbocycles. The van der Waals surface area contributed by atoms with Crippen LogP contribution < -0.4 is 15.6 Å². The van der Waals surface area contributed by atoms with E-state index in [9.17, 15) is 9.18 Å². The van der Waals surface area contributed by atoms with Crippen molar-refractivity contribution in [1.29, 1.82) is 5.41 Å². The summed E-state index contributed by atoms with van der Waals surface area (Å²) in [5, 5.41) is 12.1. The van der Waals surface area contributed by atoms with Gasteiger partial charge in [0.1, 0.15) is 24.0 Å². The molecule has 0 aliphatic carbocycles. The van der Waals surface area contributed by atoms with Crippen LogP contribution in [0.5, 0.6) is 6.01 Å². The summed E-state index contributed by atoms with van der Waals surface area (Å²) in [5.74, 6) is -0.827. The van der Waals surface area contributed by atoms with Crippen LogP contribution in [-0.2, 0) is 4.74 Å². The molecule has 3 aliphatic heterocycles. The third-order valence-corrected chi connectivity index (χ3v) is 8.44. The van der Waals surface area contributed by atoms with Gasteiger partial charge < -0.3 is 14.8 Å². The number of ether oxygens (including phenoxy) is 2. The summed E-state index contributed by atoms with van der Waals surface area (Å²) >= 11 is 0. The van der Waals surface area contributed by atoms with Crippen LogP contribution in [0.25, 0.3) is 10.9 Å². The number of pyridine rings is 1. The predicted octanol–water partition coefficient (Wildman–Crippen LogP) is 4.06. The van der Waals surface area contributed by atoms with E-state index in [1.165, 1.54) is 19.0 Å². The maximum Gasteiger partial charge on any atom is 0.297 e.